The van der Waals surface area contributed by atoms with E-state index in [2.05, 4.69) is 26.5 Å². The molecular formula is C23H24N8O. The third-order valence-electron chi connectivity index (χ3n) is 5.36. The highest BCUT2D eigenvalue weighted by Crippen LogP contribution is 2.29. The molecule has 3 aromatic heterocycles. The smallest absolute Gasteiger partial charge is 0.259 e. The maximum atomic E-state index is 13.7. The van der Waals surface area contributed by atoms with E-state index < -0.39 is 0 Å². The van der Waals surface area contributed by atoms with Gasteiger partial charge in [0, 0.05) is 31.0 Å². The molecule has 0 spiro atoms. The number of nitriles is 1. The molecular weight excluding hydrogens is 404 g/mol. The summed E-state index contributed by atoms with van der Waals surface area (Å²) in [7, 11) is 1.85. The summed E-state index contributed by atoms with van der Waals surface area (Å²) >= 11 is 0. The van der Waals surface area contributed by atoms with Crippen molar-refractivity contribution in [2.24, 2.45) is 7.05 Å². The van der Waals surface area contributed by atoms with Gasteiger partial charge in [0.1, 0.15) is 17.5 Å². The minimum Gasteiger partial charge on any atom is -0.368 e. The van der Waals surface area contributed by atoms with Crippen molar-refractivity contribution in [2.75, 3.05) is 11.1 Å². The lowest BCUT2D eigenvalue weighted by Crippen LogP contribution is -2.27. The molecule has 1 aromatic carbocycles. The van der Waals surface area contributed by atoms with Gasteiger partial charge in [-0.1, -0.05) is 25.1 Å². The molecule has 0 aliphatic heterocycles. The van der Waals surface area contributed by atoms with E-state index in [4.69, 9.17) is 5.73 Å². The van der Waals surface area contributed by atoms with Crippen LogP contribution in [0.25, 0.3) is 21.9 Å². The topological polar surface area (TPSA) is 127 Å². The van der Waals surface area contributed by atoms with Gasteiger partial charge in [0.05, 0.1) is 23.8 Å². The second-order valence-corrected chi connectivity index (χ2v) is 7.67. The molecule has 1 atom stereocenters. The Morgan fingerprint density at radius 1 is 1.31 bits per heavy atom. The molecule has 4 rings (SSSR count). The molecule has 9 nitrogen and oxygen atoms in total. The monoisotopic (exact) mass is 428 g/mol. The van der Waals surface area contributed by atoms with Gasteiger partial charge < -0.3 is 15.6 Å². The summed E-state index contributed by atoms with van der Waals surface area (Å²) in [5.41, 5.74) is 8.49. The Kier molecular flexibility index (Phi) is 5.60. The van der Waals surface area contributed by atoms with Crippen LogP contribution in [-0.4, -0.2) is 24.3 Å². The standard InChI is InChI=1S/C23H24N8O/c1-4-8-31-19(14(2)28-21-16(10-24)11-26-23(25)29-21)9-15-6-5-7-18(20(15)22(31)32)17-12-27-30(3)13-17/h5-7,9,11-14H,4,8H2,1-3H3,(H3,25,26,28,29). The lowest BCUT2D eigenvalue weighted by molar-refractivity contribution is 0.604. The van der Waals surface area contributed by atoms with E-state index in [0.29, 0.717) is 17.7 Å². The number of aryl methyl sites for hydroxylation is 1. The van der Waals surface area contributed by atoms with Crippen LogP contribution in [0.2, 0.25) is 0 Å². The van der Waals surface area contributed by atoms with Crippen molar-refractivity contribution in [3.63, 3.8) is 0 Å². The van der Waals surface area contributed by atoms with E-state index in [-0.39, 0.29) is 23.1 Å². The van der Waals surface area contributed by atoms with Gasteiger partial charge in [-0.3, -0.25) is 9.48 Å². The van der Waals surface area contributed by atoms with E-state index in [1.54, 1.807) is 15.4 Å². The number of nitrogen functional groups attached to an aromatic ring is 1. The van der Waals surface area contributed by atoms with Gasteiger partial charge in [0.15, 0.2) is 0 Å². The zero-order chi connectivity index (χ0) is 22.8. The number of hydrogen-bond donors (Lipinski definition) is 2. The molecule has 4 aromatic rings. The Balaban J connectivity index is 1.87. The van der Waals surface area contributed by atoms with Gasteiger partial charge >= 0.3 is 0 Å². The number of rotatable bonds is 6. The second kappa shape index (κ2) is 8.51. The Morgan fingerprint density at radius 2 is 2.12 bits per heavy atom. The SMILES string of the molecule is CCCn1c(C(C)Nc2nc(N)ncc2C#N)cc2cccc(-c3cnn(C)c3)c2c1=O. The third-order valence-corrected chi connectivity index (χ3v) is 5.36. The van der Waals surface area contributed by atoms with E-state index in [1.807, 2.05) is 51.4 Å². The predicted octanol–water partition coefficient (Wildman–Crippen LogP) is 3.23. The normalized spacial score (nSPS) is 11.9. The summed E-state index contributed by atoms with van der Waals surface area (Å²) in [6.07, 6.45) is 5.85. The maximum Gasteiger partial charge on any atom is 0.259 e. The molecule has 9 heteroatoms. The van der Waals surface area contributed by atoms with Crippen molar-refractivity contribution in [1.82, 2.24) is 24.3 Å². The van der Waals surface area contributed by atoms with Crippen molar-refractivity contribution in [3.05, 3.63) is 64.5 Å². The molecule has 0 saturated carbocycles. The van der Waals surface area contributed by atoms with Gasteiger partial charge in [-0.05, 0) is 30.4 Å². The van der Waals surface area contributed by atoms with Gasteiger partial charge in [0.2, 0.25) is 5.95 Å². The molecule has 0 aliphatic carbocycles. The fraction of sp³-hybridized carbons (Fsp3) is 0.261. The van der Waals surface area contributed by atoms with Crippen molar-refractivity contribution >= 4 is 22.5 Å². The average molecular weight is 429 g/mol. The number of aromatic nitrogens is 5. The second-order valence-electron chi connectivity index (χ2n) is 7.67. The van der Waals surface area contributed by atoms with E-state index in [1.165, 1.54) is 6.20 Å². The molecule has 1 unspecified atom stereocenters. The van der Waals surface area contributed by atoms with Crippen molar-refractivity contribution in [1.29, 1.82) is 5.26 Å². The zero-order valence-electron chi connectivity index (χ0n) is 18.2. The van der Waals surface area contributed by atoms with E-state index >= 15 is 0 Å². The van der Waals surface area contributed by atoms with Crippen LogP contribution in [0.5, 0.6) is 0 Å². The summed E-state index contributed by atoms with van der Waals surface area (Å²) in [5.74, 6) is 0.413. The third kappa shape index (κ3) is 3.78. The number of pyridine rings is 1. The average Bonchev–Trinajstić information content (AvgIpc) is 3.21. The van der Waals surface area contributed by atoms with E-state index in [0.717, 1.165) is 28.6 Å². The van der Waals surface area contributed by atoms with Gasteiger partial charge in [-0.15, -0.1) is 0 Å². The molecule has 0 radical (unpaired) electrons. The van der Waals surface area contributed by atoms with Gasteiger partial charge in [-0.25, -0.2) is 4.98 Å². The lowest BCUT2D eigenvalue weighted by Gasteiger charge is -2.22. The highest BCUT2D eigenvalue weighted by molar-refractivity contribution is 5.96. The molecule has 0 saturated heterocycles. The zero-order valence-corrected chi connectivity index (χ0v) is 18.2. The molecule has 162 valence electrons. The lowest BCUT2D eigenvalue weighted by atomic mass is 10.00. The first-order chi connectivity index (χ1) is 15.4. The largest absolute Gasteiger partial charge is 0.368 e. The summed E-state index contributed by atoms with van der Waals surface area (Å²) < 4.78 is 3.51. The van der Waals surface area contributed by atoms with Crippen LogP contribution in [0.3, 0.4) is 0 Å². The minimum absolute atomic E-state index is 0.0600. The van der Waals surface area contributed by atoms with Crippen molar-refractivity contribution in [2.45, 2.75) is 32.9 Å². The highest BCUT2D eigenvalue weighted by atomic mass is 16.1. The fourth-order valence-corrected chi connectivity index (χ4v) is 3.90. The molecule has 0 aliphatic rings. The summed E-state index contributed by atoms with van der Waals surface area (Å²) in [5, 5.41) is 18.4. The van der Waals surface area contributed by atoms with Crippen molar-refractivity contribution in [3.8, 4) is 17.2 Å². The number of nitrogens with two attached hydrogens (primary N) is 1. The van der Waals surface area contributed by atoms with Crippen LogP contribution < -0.4 is 16.6 Å². The van der Waals surface area contributed by atoms with Gasteiger partial charge in [-0.2, -0.15) is 15.3 Å². The van der Waals surface area contributed by atoms with Crippen LogP contribution in [-0.2, 0) is 13.6 Å². The van der Waals surface area contributed by atoms with Crippen LogP contribution in [0.1, 0.15) is 37.6 Å². The Labute approximate surface area is 185 Å². The van der Waals surface area contributed by atoms with Crippen LogP contribution in [0.15, 0.2) is 47.7 Å². The summed E-state index contributed by atoms with van der Waals surface area (Å²) in [6.45, 7) is 4.52. The predicted molar refractivity (Wildman–Crippen MR) is 124 cm³/mol. The molecule has 3 heterocycles. The molecule has 0 fully saturated rings. The molecule has 3 N–H and O–H groups in total. The first-order valence-corrected chi connectivity index (χ1v) is 10.4. The number of nitrogens with one attached hydrogen (secondary N) is 1. The van der Waals surface area contributed by atoms with Crippen molar-refractivity contribution < 1.29 is 0 Å². The molecule has 0 bridgehead atoms. The van der Waals surface area contributed by atoms with E-state index in [9.17, 15) is 10.1 Å². The maximum absolute atomic E-state index is 13.7. The first-order valence-electron chi connectivity index (χ1n) is 10.4. The summed E-state index contributed by atoms with van der Waals surface area (Å²) in [4.78, 5) is 21.7. The minimum atomic E-state index is -0.304. The number of anilines is 2. The Hall–Kier alpha value is -4.19. The summed E-state index contributed by atoms with van der Waals surface area (Å²) in [6, 6.07) is 9.60. The highest BCUT2D eigenvalue weighted by Gasteiger charge is 2.19. The van der Waals surface area contributed by atoms with Gasteiger partial charge in [0.25, 0.3) is 5.56 Å². The number of hydrogen-bond acceptors (Lipinski definition) is 7. The number of benzene rings is 1. The number of nitrogens with zero attached hydrogens (tertiary/aromatic N) is 6. The van der Waals surface area contributed by atoms with Crippen LogP contribution in [0.4, 0.5) is 11.8 Å². The Bertz CT molecular complexity index is 1400. The molecule has 32 heavy (non-hydrogen) atoms. The van der Waals surface area contributed by atoms with Crippen LogP contribution in [0, 0.1) is 11.3 Å². The van der Waals surface area contributed by atoms with Crippen LogP contribution >= 0.6 is 0 Å². The number of fused-ring (bicyclic) bond motifs is 1. The Morgan fingerprint density at radius 3 is 2.81 bits per heavy atom. The fourth-order valence-electron chi connectivity index (χ4n) is 3.90. The quantitative estimate of drug-likeness (QED) is 0.482. The first kappa shape index (κ1) is 21.1. The molecule has 0 amide bonds.